The molecule has 0 spiro atoms. The first kappa shape index (κ1) is 21.7. The zero-order valence-electron chi connectivity index (χ0n) is 16.4. The normalized spacial score (nSPS) is 10.9. The van der Waals surface area contributed by atoms with Gasteiger partial charge in [-0.25, -0.2) is 9.18 Å². The van der Waals surface area contributed by atoms with Crippen molar-refractivity contribution in [3.05, 3.63) is 81.5 Å². The first-order chi connectivity index (χ1) is 14.4. The lowest BCUT2D eigenvalue weighted by molar-refractivity contribution is -0.111. The molecule has 0 unspecified atom stereocenters. The topological polar surface area (TPSA) is 55.4 Å². The van der Waals surface area contributed by atoms with Crippen LogP contribution in [0.15, 0.2) is 54.6 Å². The Morgan fingerprint density at radius 2 is 1.93 bits per heavy atom. The van der Waals surface area contributed by atoms with Crippen molar-refractivity contribution in [2.45, 2.75) is 13.8 Å². The second kappa shape index (κ2) is 9.69. The molecule has 1 heterocycles. The molecular formula is C23H19ClFNO3S. The summed E-state index contributed by atoms with van der Waals surface area (Å²) in [6.07, 6.45) is 2.80. The molecule has 7 heteroatoms. The predicted molar refractivity (Wildman–Crippen MR) is 120 cm³/mol. The quantitative estimate of drug-likeness (QED) is 0.357. The number of hydrogen-bond donors (Lipinski definition) is 1. The van der Waals surface area contributed by atoms with Crippen molar-refractivity contribution in [2.24, 2.45) is 0 Å². The summed E-state index contributed by atoms with van der Waals surface area (Å²) in [6, 6.07) is 13.0. The molecular weight excluding hydrogens is 425 g/mol. The number of halogens is 2. The molecule has 0 saturated carbocycles. The molecule has 0 aliphatic carbocycles. The first-order valence-electron chi connectivity index (χ1n) is 9.20. The van der Waals surface area contributed by atoms with Crippen molar-refractivity contribution < 1.29 is 18.7 Å². The highest BCUT2D eigenvalue weighted by Gasteiger charge is 2.25. The Balaban J connectivity index is 1.93. The lowest BCUT2D eigenvalue weighted by Crippen LogP contribution is -2.12. The molecule has 0 bridgehead atoms. The molecule has 3 rings (SSSR count). The van der Waals surface area contributed by atoms with E-state index in [0.29, 0.717) is 26.7 Å². The average Bonchev–Trinajstić information content (AvgIpc) is 3.03. The molecule has 2 aromatic carbocycles. The molecule has 154 valence electrons. The highest BCUT2D eigenvalue weighted by atomic mass is 35.5. The molecule has 4 nitrogen and oxygen atoms in total. The highest BCUT2D eigenvalue weighted by Crippen LogP contribution is 2.40. The van der Waals surface area contributed by atoms with Crippen LogP contribution in [0.4, 0.5) is 9.39 Å². The molecule has 1 aromatic heterocycles. The largest absolute Gasteiger partial charge is 0.462 e. The van der Waals surface area contributed by atoms with Gasteiger partial charge in [0, 0.05) is 21.5 Å². The van der Waals surface area contributed by atoms with Crippen LogP contribution in [0.1, 0.15) is 27.7 Å². The molecule has 0 saturated heterocycles. The second-order valence-electron chi connectivity index (χ2n) is 6.34. The van der Waals surface area contributed by atoms with Gasteiger partial charge in [0.1, 0.15) is 16.4 Å². The van der Waals surface area contributed by atoms with Gasteiger partial charge >= 0.3 is 5.97 Å². The van der Waals surface area contributed by atoms with Crippen LogP contribution in [0.5, 0.6) is 0 Å². The van der Waals surface area contributed by atoms with Gasteiger partial charge in [0.25, 0.3) is 0 Å². The Morgan fingerprint density at radius 3 is 2.60 bits per heavy atom. The summed E-state index contributed by atoms with van der Waals surface area (Å²) in [4.78, 5) is 26.0. The maximum Gasteiger partial charge on any atom is 0.341 e. The number of benzene rings is 2. The van der Waals surface area contributed by atoms with Crippen LogP contribution >= 0.6 is 22.9 Å². The van der Waals surface area contributed by atoms with Gasteiger partial charge in [-0.1, -0.05) is 35.9 Å². The minimum atomic E-state index is -0.517. The molecule has 0 radical (unpaired) electrons. The van der Waals surface area contributed by atoms with E-state index in [1.54, 1.807) is 31.2 Å². The van der Waals surface area contributed by atoms with E-state index in [1.807, 2.05) is 19.1 Å². The molecule has 1 amide bonds. The van der Waals surface area contributed by atoms with Gasteiger partial charge in [0.2, 0.25) is 5.91 Å². The monoisotopic (exact) mass is 443 g/mol. The fraction of sp³-hybridized carbons (Fsp3) is 0.130. The van der Waals surface area contributed by atoms with E-state index in [2.05, 4.69) is 5.32 Å². The van der Waals surface area contributed by atoms with Gasteiger partial charge in [0.05, 0.1) is 6.61 Å². The van der Waals surface area contributed by atoms with Gasteiger partial charge in [-0.2, -0.15) is 0 Å². The molecule has 0 fully saturated rings. The Labute approximate surface area is 183 Å². The van der Waals surface area contributed by atoms with Crippen molar-refractivity contribution in [3.8, 4) is 11.1 Å². The molecule has 1 N–H and O–H groups in total. The minimum Gasteiger partial charge on any atom is -0.462 e. The number of carbonyl (C=O) groups excluding carboxylic acids is 2. The fourth-order valence-corrected chi connectivity index (χ4v) is 4.12. The summed E-state index contributed by atoms with van der Waals surface area (Å²) < 4.78 is 18.5. The van der Waals surface area contributed by atoms with E-state index >= 15 is 0 Å². The zero-order valence-corrected chi connectivity index (χ0v) is 17.9. The Hall–Kier alpha value is -2.96. The Kier molecular flexibility index (Phi) is 7.03. The van der Waals surface area contributed by atoms with Crippen molar-refractivity contribution in [2.75, 3.05) is 11.9 Å². The number of anilines is 1. The van der Waals surface area contributed by atoms with Crippen molar-refractivity contribution in [1.82, 2.24) is 0 Å². The summed E-state index contributed by atoms with van der Waals surface area (Å²) in [6.45, 7) is 3.80. The maximum atomic E-state index is 13.3. The lowest BCUT2D eigenvalue weighted by atomic mass is 10.0. The van der Waals surface area contributed by atoms with Crippen LogP contribution in [0, 0.1) is 12.7 Å². The summed E-state index contributed by atoms with van der Waals surface area (Å²) in [5.41, 5.74) is 2.35. The number of ether oxygens (including phenoxy) is 1. The van der Waals surface area contributed by atoms with E-state index in [4.69, 9.17) is 16.3 Å². The van der Waals surface area contributed by atoms with Crippen LogP contribution < -0.4 is 5.32 Å². The third-order valence-corrected chi connectivity index (χ3v) is 5.48. The summed E-state index contributed by atoms with van der Waals surface area (Å²) in [7, 11) is 0. The number of thiophene rings is 1. The maximum absolute atomic E-state index is 13.3. The van der Waals surface area contributed by atoms with Crippen LogP contribution in [-0.2, 0) is 9.53 Å². The Morgan fingerprint density at radius 1 is 1.20 bits per heavy atom. The highest BCUT2D eigenvalue weighted by molar-refractivity contribution is 7.17. The van der Waals surface area contributed by atoms with Crippen molar-refractivity contribution >= 4 is 45.9 Å². The van der Waals surface area contributed by atoms with E-state index in [1.165, 1.54) is 35.6 Å². The van der Waals surface area contributed by atoms with Gasteiger partial charge < -0.3 is 10.1 Å². The summed E-state index contributed by atoms with van der Waals surface area (Å²) >= 11 is 7.27. The number of carbonyl (C=O) groups is 2. The van der Waals surface area contributed by atoms with Gasteiger partial charge in [-0.15, -0.1) is 11.3 Å². The number of amides is 1. The predicted octanol–water partition coefficient (Wildman–Crippen LogP) is 6.34. The zero-order chi connectivity index (χ0) is 21.7. The first-order valence-corrected chi connectivity index (χ1v) is 10.4. The third kappa shape index (κ3) is 5.14. The number of nitrogens with one attached hydrogen (secondary N) is 1. The van der Waals surface area contributed by atoms with Crippen LogP contribution in [0.25, 0.3) is 17.2 Å². The second-order valence-corrected chi connectivity index (χ2v) is 8.00. The number of esters is 1. The van der Waals surface area contributed by atoms with Crippen molar-refractivity contribution in [1.29, 1.82) is 0 Å². The van der Waals surface area contributed by atoms with E-state index in [9.17, 15) is 14.0 Å². The Bertz CT molecular complexity index is 1110. The van der Waals surface area contributed by atoms with Crippen LogP contribution in [0.2, 0.25) is 5.02 Å². The van der Waals surface area contributed by atoms with Crippen LogP contribution in [0.3, 0.4) is 0 Å². The molecule has 0 atom stereocenters. The number of rotatable bonds is 6. The lowest BCUT2D eigenvalue weighted by Gasteiger charge is -2.08. The minimum absolute atomic E-state index is 0.209. The SMILES string of the molecule is CCOC(=O)c1c(NC(=O)/C=C/c2cccc(F)c2)sc(C)c1-c1ccc(Cl)cc1. The molecule has 30 heavy (non-hydrogen) atoms. The van der Waals surface area contributed by atoms with Gasteiger partial charge in [-0.3, -0.25) is 4.79 Å². The number of hydrogen-bond acceptors (Lipinski definition) is 4. The van der Waals surface area contributed by atoms with Gasteiger partial charge in [0.15, 0.2) is 0 Å². The van der Waals surface area contributed by atoms with Gasteiger partial charge in [-0.05, 0) is 55.3 Å². The number of aryl methyl sites for hydroxylation is 1. The molecule has 3 aromatic rings. The van der Waals surface area contributed by atoms with E-state index in [0.717, 1.165) is 10.4 Å². The van der Waals surface area contributed by atoms with Crippen molar-refractivity contribution in [3.63, 3.8) is 0 Å². The molecule has 0 aliphatic heterocycles. The average molecular weight is 444 g/mol. The molecule has 0 aliphatic rings. The standard InChI is InChI=1S/C23H19ClFNO3S/c1-3-29-23(28)21-20(16-8-10-17(24)11-9-16)14(2)30-22(21)26-19(27)12-7-15-5-4-6-18(25)13-15/h4-13H,3H2,1-2H3,(H,26,27)/b12-7+. The van der Waals surface area contributed by atoms with Crippen LogP contribution in [-0.4, -0.2) is 18.5 Å². The summed E-state index contributed by atoms with van der Waals surface area (Å²) in [5, 5.41) is 3.73. The fourth-order valence-electron chi connectivity index (χ4n) is 2.93. The van der Waals surface area contributed by atoms with E-state index < -0.39 is 11.9 Å². The third-order valence-electron chi connectivity index (χ3n) is 4.21. The summed E-state index contributed by atoms with van der Waals surface area (Å²) in [5.74, 6) is -1.34. The van der Waals surface area contributed by atoms with E-state index in [-0.39, 0.29) is 12.4 Å². The smallest absolute Gasteiger partial charge is 0.341 e.